The summed E-state index contributed by atoms with van der Waals surface area (Å²) in [6.45, 7) is 9.00. The molecule has 3 aromatic rings. The van der Waals surface area contributed by atoms with Gasteiger partial charge in [-0.3, -0.25) is 0 Å². The molecule has 0 fully saturated rings. The second-order valence-electron chi connectivity index (χ2n) is 7.80. The van der Waals surface area contributed by atoms with Gasteiger partial charge in [-0.15, -0.1) is 0 Å². The molecule has 0 unspecified atom stereocenters. The van der Waals surface area contributed by atoms with Crippen molar-refractivity contribution in [2.24, 2.45) is 0 Å². The summed E-state index contributed by atoms with van der Waals surface area (Å²) in [5, 5.41) is 0. The van der Waals surface area contributed by atoms with E-state index in [9.17, 15) is 0 Å². The summed E-state index contributed by atoms with van der Waals surface area (Å²) in [4.78, 5) is 2.28. The van der Waals surface area contributed by atoms with Crippen molar-refractivity contribution in [3.05, 3.63) is 82.9 Å². The lowest BCUT2D eigenvalue weighted by Gasteiger charge is -2.25. The molecule has 1 nitrogen and oxygen atoms in total. The molecule has 1 aliphatic rings. The van der Waals surface area contributed by atoms with E-state index >= 15 is 0 Å². The van der Waals surface area contributed by atoms with Gasteiger partial charge in [-0.1, -0.05) is 55.8 Å². The van der Waals surface area contributed by atoms with Gasteiger partial charge in [0.2, 0.25) is 0 Å². The van der Waals surface area contributed by atoms with Crippen LogP contribution in [0.15, 0.2) is 60.7 Å². The number of hydrogen-bond donors (Lipinski definition) is 0. The first-order valence-electron chi connectivity index (χ1n) is 8.94. The third-order valence-corrected chi connectivity index (χ3v) is 5.59. The third kappa shape index (κ3) is 2.46. The van der Waals surface area contributed by atoms with Crippen LogP contribution in [-0.2, 0) is 5.41 Å². The van der Waals surface area contributed by atoms with E-state index in [1.807, 2.05) is 0 Å². The van der Waals surface area contributed by atoms with Gasteiger partial charge in [0.1, 0.15) is 0 Å². The second kappa shape index (κ2) is 5.49. The fourth-order valence-corrected chi connectivity index (χ4v) is 4.03. The van der Waals surface area contributed by atoms with Crippen molar-refractivity contribution in [2.75, 3.05) is 11.9 Å². The van der Waals surface area contributed by atoms with E-state index in [-0.39, 0.29) is 5.41 Å². The molecule has 0 heterocycles. The van der Waals surface area contributed by atoms with Crippen LogP contribution in [-0.4, -0.2) is 7.05 Å². The van der Waals surface area contributed by atoms with E-state index < -0.39 is 0 Å². The number of nitrogens with zero attached hydrogens (tertiary/aromatic N) is 1. The molecule has 0 amide bonds. The highest BCUT2D eigenvalue weighted by Gasteiger charge is 2.35. The van der Waals surface area contributed by atoms with Gasteiger partial charge < -0.3 is 4.90 Å². The van der Waals surface area contributed by atoms with Crippen molar-refractivity contribution in [1.82, 2.24) is 0 Å². The van der Waals surface area contributed by atoms with Crippen LogP contribution in [0.25, 0.3) is 11.1 Å². The third-order valence-electron chi connectivity index (χ3n) is 5.59. The Labute approximate surface area is 150 Å². The van der Waals surface area contributed by atoms with Gasteiger partial charge in [0.15, 0.2) is 0 Å². The van der Waals surface area contributed by atoms with Crippen molar-refractivity contribution in [3.8, 4) is 11.1 Å². The maximum absolute atomic E-state index is 2.37. The maximum Gasteiger partial charge on any atom is 0.0411 e. The molecule has 0 saturated carbocycles. The zero-order chi connectivity index (χ0) is 17.8. The molecule has 0 radical (unpaired) electrons. The average Bonchev–Trinajstić information content (AvgIpc) is 2.81. The lowest BCUT2D eigenvalue weighted by atomic mass is 9.82. The van der Waals surface area contributed by atoms with Gasteiger partial charge in [0.05, 0.1) is 0 Å². The van der Waals surface area contributed by atoms with E-state index in [2.05, 4.69) is 100 Å². The van der Waals surface area contributed by atoms with Gasteiger partial charge in [-0.05, 0) is 65.9 Å². The van der Waals surface area contributed by atoms with E-state index in [1.54, 1.807) is 0 Å². The van der Waals surface area contributed by atoms with Crippen LogP contribution < -0.4 is 4.90 Å². The van der Waals surface area contributed by atoms with Crippen molar-refractivity contribution < 1.29 is 0 Å². The Balaban J connectivity index is 1.82. The summed E-state index contributed by atoms with van der Waals surface area (Å²) < 4.78 is 0. The Kier molecular flexibility index (Phi) is 3.50. The predicted molar refractivity (Wildman–Crippen MR) is 108 cm³/mol. The monoisotopic (exact) mass is 327 g/mol. The van der Waals surface area contributed by atoms with Gasteiger partial charge in [-0.2, -0.15) is 0 Å². The summed E-state index contributed by atoms with van der Waals surface area (Å²) in [6, 6.07) is 22.4. The predicted octanol–water partition coefficient (Wildman–Crippen LogP) is 6.38. The largest absolute Gasteiger partial charge is 0.345 e. The number of benzene rings is 3. The number of rotatable bonds is 2. The van der Waals surface area contributed by atoms with Gasteiger partial charge in [0, 0.05) is 23.8 Å². The highest BCUT2D eigenvalue weighted by Crippen LogP contribution is 2.50. The highest BCUT2D eigenvalue weighted by molar-refractivity contribution is 5.83. The van der Waals surface area contributed by atoms with Crippen molar-refractivity contribution in [2.45, 2.75) is 33.1 Å². The smallest absolute Gasteiger partial charge is 0.0411 e. The molecular weight excluding hydrogens is 302 g/mol. The summed E-state index contributed by atoms with van der Waals surface area (Å²) >= 11 is 0. The quantitative estimate of drug-likeness (QED) is 0.528. The molecule has 0 aliphatic heterocycles. The first-order valence-corrected chi connectivity index (χ1v) is 8.94. The number of aryl methyl sites for hydroxylation is 2. The van der Waals surface area contributed by atoms with Crippen LogP contribution in [0, 0.1) is 13.8 Å². The lowest BCUT2D eigenvalue weighted by Crippen LogP contribution is -2.16. The standard InChI is InChI=1S/C24H25N/c1-16-7-6-8-18(13-16)25(5)19-10-12-21-20-11-9-17(2)14-22(20)24(3,4)23(21)15-19/h6-15H,1-5H3. The van der Waals surface area contributed by atoms with Crippen molar-refractivity contribution >= 4 is 11.4 Å². The molecule has 0 spiro atoms. The zero-order valence-electron chi connectivity index (χ0n) is 15.7. The molecule has 0 atom stereocenters. The molecule has 3 aromatic carbocycles. The lowest BCUT2D eigenvalue weighted by molar-refractivity contribution is 0.660. The second-order valence-corrected chi connectivity index (χ2v) is 7.80. The molecular formula is C24H25N. The van der Waals surface area contributed by atoms with Gasteiger partial charge in [0.25, 0.3) is 0 Å². The molecule has 0 N–H and O–H groups in total. The summed E-state index contributed by atoms with van der Waals surface area (Å²) in [6.07, 6.45) is 0. The Morgan fingerprint density at radius 2 is 1.28 bits per heavy atom. The average molecular weight is 327 g/mol. The molecule has 25 heavy (non-hydrogen) atoms. The molecule has 1 aliphatic carbocycles. The van der Waals surface area contributed by atoms with E-state index in [0.29, 0.717) is 0 Å². The van der Waals surface area contributed by atoms with E-state index in [4.69, 9.17) is 0 Å². The summed E-state index contributed by atoms with van der Waals surface area (Å²) in [7, 11) is 2.15. The van der Waals surface area contributed by atoms with Crippen LogP contribution >= 0.6 is 0 Å². The van der Waals surface area contributed by atoms with E-state index in [1.165, 1.54) is 44.8 Å². The minimum absolute atomic E-state index is 0.0418. The molecule has 1 heteroatoms. The van der Waals surface area contributed by atoms with Crippen LogP contribution in [0.2, 0.25) is 0 Å². The summed E-state index contributed by atoms with van der Waals surface area (Å²) in [5.74, 6) is 0. The number of anilines is 2. The first-order chi connectivity index (χ1) is 11.9. The van der Waals surface area contributed by atoms with Crippen LogP contribution in [0.3, 0.4) is 0 Å². The molecule has 126 valence electrons. The minimum atomic E-state index is 0.0418. The molecule has 0 saturated heterocycles. The van der Waals surface area contributed by atoms with Crippen molar-refractivity contribution in [1.29, 1.82) is 0 Å². The summed E-state index contributed by atoms with van der Waals surface area (Å²) in [5.41, 5.74) is 10.7. The Morgan fingerprint density at radius 1 is 0.680 bits per heavy atom. The van der Waals surface area contributed by atoms with Gasteiger partial charge in [-0.25, -0.2) is 0 Å². The van der Waals surface area contributed by atoms with Crippen LogP contribution in [0.5, 0.6) is 0 Å². The minimum Gasteiger partial charge on any atom is -0.345 e. The molecule has 0 bridgehead atoms. The fraction of sp³-hybridized carbons (Fsp3) is 0.250. The Bertz CT molecular complexity index is 966. The van der Waals surface area contributed by atoms with Gasteiger partial charge >= 0.3 is 0 Å². The van der Waals surface area contributed by atoms with Crippen LogP contribution in [0.4, 0.5) is 11.4 Å². The Morgan fingerprint density at radius 3 is 2.00 bits per heavy atom. The SMILES string of the molecule is Cc1cccc(N(C)c2ccc3c(c2)C(C)(C)c2cc(C)ccc2-3)c1. The first kappa shape index (κ1) is 16.0. The van der Waals surface area contributed by atoms with E-state index in [0.717, 1.165) is 0 Å². The normalized spacial score (nSPS) is 14.1. The van der Waals surface area contributed by atoms with Crippen LogP contribution in [0.1, 0.15) is 36.1 Å². The molecule has 0 aromatic heterocycles. The van der Waals surface area contributed by atoms with Crippen molar-refractivity contribution in [3.63, 3.8) is 0 Å². The maximum atomic E-state index is 2.37. The molecule has 4 rings (SSSR count). The number of hydrogen-bond acceptors (Lipinski definition) is 1. The number of fused-ring (bicyclic) bond motifs is 3. The topological polar surface area (TPSA) is 3.24 Å². The fourth-order valence-electron chi connectivity index (χ4n) is 4.03. The Hall–Kier alpha value is -2.54. The highest BCUT2D eigenvalue weighted by atomic mass is 15.1. The zero-order valence-corrected chi connectivity index (χ0v) is 15.7.